The number of piperidine rings is 1. The van der Waals surface area contributed by atoms with Crippen LogP contribution in [0.25, 0.3) is 0 Å². The summed E-state index contributed by atoms with van der Waals surface area (Å²) in [5, 5.41) is 0. The van der Waals surface area contributed by atoms with Crippen LogP contribution in [0.15, 0.2) is 16.9 Å². The molecule has 1 atom stereocenters. The van der Waals surface area contributed by atoms with Crippen LogP contribution >= 0.6 is 15.9 Å². The van der Waals surface area contributed by atoms with Crippen molar-refractivity contribution in [2.24, 2.45) is 5.41 Å². The maximum absolute atomic E-state index is 4.40. The first-order valence-electron chi connectivity index (χ1n) is 6.35. The number of nitrogens with zero attached hydrogens (tertiary/aromatic N) is 3. The van der Waals surface area contributed by atoms with Crippen LogP contribution in [0.5, 0.6) is 0 Å². The molecule has 94 valence electrons. The average Bonchev–Trinajstić information content (AvgIpc) is 2.30. The minimum Gasteiger partial charge on any atom is -0.340 e. The van der Waals surface area contributed by atoms with E-state index in [2.05, 4.69) is 44.6 Å². The average molecular weight is 298 g/mol. The van der Waals surface area contributed by atoms with Gasteiger partial charge in [0.2, 0.25) is 5.95 Å². The van der Waals surface area contributed by atoms with Gasteiger partial charge < -0.3 is 4.90 Å². The fourth-order valence-corrected chi connectivity index (χ4v) is 2.97. The van der Waals surface area contributed by atoms with Crippen molar-refractivity contribution in [3.05, 3.63) is 16.9 Å². The standard InChI is InChI=1S/C13H20BrN3/c1-3-5-13(2)6-4-7-17(10-13)12-15-8-11(14)9-16-12/h8-9H,3-7,10H2,1-2H3. The lowest BCUT2D eigenvalue weighted by molar-refractivity contribution is 0.237. The highest BCUT2D eigenvalue weighted by Gasteiger charge is 2.31. The third-order valence-electron chi connectivity index (χ3n) is 3.52. The van der Waals surface area contributed by atoms with E-state index in [1.165, 1.54) is 25.7 Å². The van der Waals surface area contributed by atoms with E-state index in [4.69, 9.17) is 0 Å². The van der Waals surface area contributed by atoms with Crippen LogP contribution in [0.3, 0.4) is 0 Å². The summed E-state index contributed by atoms with van der Waals surface area (Å²) in [7, 11) is 0. The second kappa shape index (κ2) is 5.34. The smallest absolute Gasteiger partial charge is 0.225 e. The van der Waals surface area contributed by atoms with Gasteiger partial charge in [0.15, 0.2) is 0 Å². The Morgan fingerprint density at radius 2 is 2.12 bits per heavy atom. The molecule has 2 rings (SSSR count). The maximum atomic E-state index is 4.40. The van der Waals surface area contributed by atoms with Crippen molar-refractivity contribution in [2.75, 3.05) is 18.0 Å². The molecule has 1 aliphatic heterocycles. The van der Waals surface area contributed by atoms with Gasteiger partial charge in [0.25, 0.3) is 0 Å². The summed E-state index contributed by atoms with van der Waals surface area (Å²) >= 11 is 3.37. The molecular weight excluding hydrogens is 278 g/mol. The van der Waals surface area contributed by atoms with E-state index >= 15 is 0 Å². The number of rotatable bonds is 3. The summed E-state index contributed by atoms with van der Waals surface area (Å²) in [6.07, 6.45) is 8.78. The van der Waals surface area contributed by atoms with E-state index < -0.39 is 0 Å². The molecule has 1 aromatic rings. The van der Waals surface area contributed by atoms with Crippen molar-refractivity contribution in [2.45, 2.75) is 39.5 Å². The highest BCUT2D eigenvalue weighted by Crippen LogP contribution is 2.35. The summed E-state index contributed by atoms with van der Waals surface area (Å²) in [5.41, 5.74) is 0.434. The van der Waals surface area contributed by atoms with Gasteiger partial charge in [-0.3, -0.25) is 0 Å². The quantitative estimate of drug-likeness (QED) is 0.853. The fourth-order valence-electron chi connectivity index (χ4n) is 2.76. The molecule has 3 nitrogen and oxygen atoms in total. The first-order valence-corrected chi connectivity index (χ1v) is 7.15. The molecule has 17 heavy (non-hydrogen) atoms. The summed E-state index contributed by atoms with van der Waals surface area (Å²) < 4.78 is 0.939. The lowest BCUT2D eigenvalue weighted by Crippen LogP contribution is -2.42. The molecule has 1 fully saturated rings. The fraction of sp³-hybridized carbons (Fsp3) is 0.692. The van der Waals surface area contributed by atoms with Crippen molar-refractivity contribution in [1.29, 1.82) is 0 Å². The second-order valence-electron chi connectivity index (χ2n) is 5.29. The largest absolute Gasteiger partial charge is 0.340 e. The summed E-state index contributed by atoms with van der Waals surface area (Å²) in [5.74, 6) is 0.871. The molecule has 0 amide bonds. The van der Waals surface area contributed by atoms with Crippen LogP contribution in [0.1, 0.15) is 39.5 Å². The molecule has 1 aromatic heterocycles. The van der Waals surface area contributed by atoms with Crippen molar-refractivity contribution >= 4 is 21.9 Å². The van der Waals surface area contributed by atoms with Gasteiger partial charge >= 0.3 is 0 Å². The molecule has 0 aliphatic carbocycles. The van der Waals surface area contributed by atoms with E-state index in [0.717, 1.165) is 23.5 Å². The molecule has 1 unspecified atom stereocenters. The Kier molecular flexibility index (Phi) is 4.02. The number of anilines is 1. The summed E-state index contributed by atoms with van der Waals surface area (Å²) in [6, 6.07) is 0. The molecule has 0 spiro atoms. The summed E-state index contributed by atoms with van der Waals surface area (Å²) in [6.45, 7) is 6.82. The van der Waals surface area contributed by atoms with Gasteiger partial charge in [-0.2, -0.15) is 0 Å². The lowest BCUT2D eigenvalue weighted by Gasteiger charge is -2.40. The Morgan fingerprint density at radius 1 is 1.41 bits per heavy atom. The van der Waals surface area contributed by atoms with Gasteiger partial charge in [-0.1, -0.05) is 20.3 Å². The second-order valence-corrected chi connectivity index (χ2v) is 6.20. The Hall–Kier alpha value is -0.640. The molecule has 0 N–H and O–H groups in total. The zero-order valence-corrected chi connectivity index (χ0v) is 12.2. The lowest BCUT2D eigenvalue weighted by atomic mass is 9.78. The molecule has 0 bridgehead atoms. The Bertz CT molecular complexity index is 361. The maximum Gasteiger partial charge on any atom is 0.225 e. The normalized spacial score (nSPS) is 25.0. The minimum absolute atomic E-state index is 0.434. The predicted octanol–water partition coefficient (Wildman–Crippen LogP) is 3.65. The predicted molar refractivity (Wildman–Crippen MR) is 74.2 cm³/mol. The first-order chi connectivity index (χ1) is 8.13. The third kappa shape index (κ3) is 3.18. The topological polar surface area (TPSA) is 29.0 Å². The molecule has 2 heterocycles. The van der Waals surface area contributed by atoms with E-state index in [9.17, 15) is 0 Å². The molecule has 1 aliphatic rings. The van der Waals surface area contributed by atoms with Crippen LogP contribution < -0.4 is 4.90 Å². The Labute approximate surface area is 112 Å². The van der Waals surface area contributed by atoms with Crippen LogP contribution in [-0.2, 0) is 0 Å². The monoisotopic (exact) mass is 297 g/mol. The first kappa shape index (κ1) is 12.8. The van der Waals surface area contributed by atoms with Crippen molar-refractivity contribution in [3.8, 4) is 0 Å². The third-order valence-corrected chi connectivity index (χ3v) is 3.93. The van der Waals surface area contributed by atoms with Gasteiger partial charge in [0, 0.05) is 25.5 Å². The van der Waals surface area contributed by atoms with E-state index in [1.807, 2.05) is 12.4 Å². The SMILES string of the molecule is CCCC1(C)CCCN(c2ncc(Br)cn2)C1. The molecule has 0 aromatic carbocycles. The van der Waals surface area contributed by atoms with Gasteiger partial charge in [-0.15, -0.1) is 0 Å². The van der Waals surface area contributed by atoms with Crippen LogP contribution in [0.2, 0.25) is 0 Å². The molecule has 4 heteroatoms. The zero-order chi connectivity index (χ0) is 12.3. The van der Waals surface area contributed by atoms with Crippen LogP contribution in [-0.4, -0.2) is 23.1 Å². The van der Waals surface area contributed by atoms with Crippen molar-refractivity contribution in [1.82, 2.24) is 9.97 Å². The number of hydrogen-bond donors (Lipinski definition) is 0. The number of hydrogen-bond acceptors (Lipinski definition) is 3. The zero-order valence-electron chi connectivity index (χ0n) is 10.6. The Balaban J connectivity index is 2.09. The summed E-state index contributed by atoms with van der Waals surface area (Å²) in [4.78, 5) is 11.1. The Morgan fingerprint density at radius 3 is 2.76 bits per heavy atom. The molecule has 1 saturated heterocycles. The van der Waals surface area contributed by atoms with E-state index in [1.54, 1.807) is 0 Å². The van der Waals surface area contributed by atoms with Gasteiger partial charge in [-0.05, 0) is 40.6 Å². The molecule has 0 radical (unpaired) electrons. The number of aromatic nitrogens is 2. The van der Waals surface area contributed by atoms with Crippen molar-refractivity contribution < 1.29 is 0 Å². The van der Waals surface area contributed by atoms with Crippen LogP contribution in [0.4, 0.5) is 5.95 Å². The number of halogens is 1. The van der Waals surface area contributed by atoms with E-state index in [0.29, 0.717) is 5.41 Å². The minimum atomic E-state index is 0.434. The van der Waals surface area contributed by atoms with Gasteiger partial charge in [0.05, 0.1) is 4.47 Å². The van der Waals surface area contributed by atoms with Crippen molar-refractivity contribution in [3.63, 3.8) is 0 Å². The highest BCUT2D eigenvalue weighted by atomic mass is 79.9. The molecule has 0 saturated carbocycles. The highest BCUT2D eigenvalue weighted by molar-refractivity contribution is 9.10. The van der Waals surface area contributed by atoms with Gasteiger partial charge in [0.1, 0.15) is 0 Å². The molecular formula is C13H20BrN3. The van der Waals surface area contributed by atoms with E-state index in [-0.39, 0.29) is 0 Å². The van der Waals surface area contributed by atoms with Crippen LogP contribution in [0, 0.1) is 5.41 Å². The van der Waals surface area contributed by atoms with Gasteiger partial charge in [-0.25, -0.2) is 9.97 Å².